The first kappa shape index (κ1) is 22.3. The van der Waals surface area contributed by atoms with Crippen LogP contribution in [0.5, 0.6) is 0 Å². The molecule has 0 spiro atoms. The molecule has 0 radical (unpaired) electrons. The lowest BCUT2D eigenvalue weighted by molar-refractivity contribution is -0.115. The molecule has 6 nitrogen and oxygen atoms in total. The number of aliphatic hydroxyl groups is 1. The molecule has 4 N–H and O–H groups in total. The first-order valence-corrected chi connectivity index (χ1v) is 11.8. The highest BCUT2D eigenvalue weighted by atomic mass is 79.9. The topological polar surface area (TPSA) is 101 Å². The predicted molar refractivity (Wildman–Crippen MR) is 136 cm³/mol. The van der Waals surface area contributed by atoms with E-state index in [1.165, 1.54) is 0 Å². The molecule has 34 heavy (non-hydrogen) atoms. The SMILES string of the molecule is Nc1ccc2c(c1)CCc1nc(NC(=O)Cc3ccc(Br)cc3)c(C(O)c3ccccc3)nc1-2. The summed E-state index contributed by atoms with van der Waals surface area (Å²) in [7, 11) is 0. The van der Waals surface area contributed by atoms with E-state index < -0.39 is 6.10 Å². The van der Waals surface area contributed by atoms with Gasteiger partial charge in [-0.05, 0) is 53.8 Å². The Labute approximate surface area is 206 Å². The van der Waals surface area contributed by atoms with Gasteiger partial charge >= 0.3 is 0 Å². The number of fused-ring (bicyclic) bond motifs is 3. The van der Waals surface area contributed by atoms with E-state index in [1.54, 1.807) is 0 Å². The summed E-state index contributed by atoms with van der Waals surface area (Å²) in [6.07, 6.45) is 0.612. The fourth-order valence-corrected chi connectivity index (χ4v) is 4.48. The normalized spacial score (nSPS) is 13.0. The minimum Gasteiger partial charge on any atom is -0.399 e. The Kier molecular flexibility index (Phi) is 6.13. The Morgan fingerprint density at radius 2 is 1.79 bits per heavy atom. The number of nitrogens with one attached hydrogen (secondary N) is 1. The summed E-state index contributed by atoms with van der Waals surface area (Å²) in [5.41, 5.74) is 12.1. The maximum absolute atomic E-state index is 12.9. The molecule has 7 heteroatoms. The van der Waals surface area contributed by atoms with Gasteiger partial charge in [-0.2, -0.15) is 0 Å². The van der Waals surface area contributed by atoms with Crippen molar-refractivity contribution in [3.8, 4) is 11.3 Å². The monoisotopic (exact) mass is 514 g/mol. The number of nitrogen functional groups attached to an aromatic ring is 1. The molecule has 1 heterocycles. The third kappa shape index (κ3) is 4.58. The van der Waals surface area contributed by atoms with Crippen LogP contribution in [0.4, 0.5) is 11.5 Å². The number of benzene rings is 3. The van der Waals surface area contributed by atoms with E-state index in [2.05, 4.69) is 21.2 Å². The lowest BCUT2D eigenvalue weighted by atomic mass is 9.91. The van der Waals surface area contributed by atoms with Crippen LogP contribution >= 0.6 is 15.9 Å². The van der Waals surface area contributed by atoms with Crippen molar-refractivity contribution in [2.75, 3.05) is 11.1 Å². The number of nitrogens with two attached hydrogens (primary N) is 1. The van der Waals surface area contributed by atoms with Crippen LogP contribution in [0.2, 0.25) is 0 Å². The molecule has 0 fully saturated rings. The molecule has 0 saturated heterocycles. The van der Waals surface area contributed by atoms with Gasteiger partial charge in [-0.3, -0.25) is 4.79 Å². The summed E-state index contributed by atoms with van der Waals surface area (Å²) in [6.45, 7) is 0. The second-order valence-corrected chi connectivity index (χ2v) is 9.25. The average Bonchev–Trinajstić information content (AvgIpc) is 2.85. The molecule has 1 unspecified atom stereocenters. The van der Waals surface area contributed by atoms with Crippen LogP contribution in [0.1, 0.15) is 34.2 Å². The van der Waals surface area contributed by atoms with E-state index in [-0.39, 0.29) is 18.1 Å². The minimum atomic E-state index is -1.04. The third-order valence-corrected chi connectivity index (χ3v) is 6.45. The summed E-state index contributed by atoms with van der Waals surface area (Å²) in [6, 6.07) is 22.6. The highest BCUT2D eigenvalue weighted by Gasteiger charge is 2.26. The lowest BCUT2D eigenvalue weighted by Crippen LogP contribution is -2.21. The van der Waals surface area contributed by atoms with Gasteiger partial charge < -0.3 is 16.2 Å². The number of anilines is 2. The fourth-order valence-electron chi connectivity index (χ4n) is 4.22. The Morgan fingerprint density at radius 1 is 1.03 bits per heavy atom. The van der Waals surface area contributed by atoms with Crippen LogP contribution in [0.15, 0.2) is 77.3 Å². The molecule has 1 aliphatic carbocycles. The maximum Gasteiger partial charge on any atom is 0.229 e. The van der Waals surface area contributed by atoms with Gasteiger partial charge in [-0.1, -0.05) is 64.5 Å². The number of halogens is 1. The molecule has 0 saturated carbocycles. The number of carbonyl (C=O) groups is 1. The zero-order valence-corrected chi connectivity index (χ0v) is 19.9. The number of carbonyl (C=O) groups excluding carboxylic acids is 1. The van der Waals surface area contributed by atoms with Crippen molar-refractivity contribution < 1.29 is 9.90 Å². The first-order chi connectivity index (χ1) is 16.5. The van der Waals surface area contributed by atoms with Crippen LogP contribution in [-0.2, 0) is 24.1 Å². The van der Waals surface area contributed by atoms with Gasteiger partial charge in [0.2, 0.25) is 5.91 Å². The molecule has 0 bridgehead atoms. The van der Waals surface area contributed by atoms with Crippen LogP contribution < -0.4 is 11.1 Å². The van der Waals surface area contributed by atoms with Crippen molar-refractivity contribution in [3.05, 3.63) is 105 Å². The largest absolute Gasteiger partial charge is 0.399 e. The molecular formula is C27H23BrN4O2. The lowest BCUT2D eigenvalue weighted by Gasteiger charge is -2.23. The summed E-state index contributed by atoms with van der Waals surface area (Å²) < 4.78 is 0.951. The quantitative estimate of drug-likeness (QED) is 0.330. The van der Waals surface area contributed by atoms with Crippen molar-refractivity contribution in [1.82, 2.24) is 9.97 Å². The van der Waals surface area contributed by atoms with Crippen molar-refractivity contribution in [3.63, 3.8) is 0 Å². The molecule has 1 atom stereocenters. The number of amides is 1. The van der Waals surface area contributed by atoms with Crippen molar-refractivity contribution in [2.24, 2.45) is 0 Å². The molecule has 1 aromatic heterocycles. The standard InChI is InChI=1S/C27H23BrN4O2/c28-19-9-6-16(7-10-19)14-23(33)31-27-25(26(34)17-4-2-1-3-5-17)32-24-21-12-11-20(29)15-18(21)8-13-22(24)30-27/h1-7,9-12,15,26,34H,8,13-14,29H2,(H,30,31,33). The first-order valence-electron chi connectivity index (χ1n) is 11.0. The smallest absolute Gasteiger partial charge is 0.229 e. The summed E-state index contributed by atoms with van der Waals surface area (Å²) in [4.78, 5) is 22.5. The van der Waals surface area contributed by atoms with Crippen LogP contribution in [0, 0.1) is 0 Å². The Balaban J connectivity index is 1.54. The number of hydrogen-bond donors (Lipinski definition) is 3. The van der Waals surface area contributed by atoms with E-state index in [1.807, 2.05) is 72.8 Å². The second-order valence-electron chi connectivity index (χ2n) is 8.33. The van der Waals surface area contributed by atoms with Crippen LogP contribution in [0.25, 0.3) is 11.3 Å². The average molecular weight is 515 g/mol. The van der Waals surface area contributed by atoms with Gasteiger partial charge in [-0.25, -0.2) is 9.97 Å². The summed E-state index contributed by atoms with van der Waals surface area (Å²) in [5, 5.41) is 14.1. The maximum atomic E-state index is 12.9. The van der Waals surface area contributed by atoms with Gasteiger partial charge in [0, 0.05) is 15.7 Å². The summed E-state index contributed by atoms with van der Waals surface area (Å²) in [5.74, 6) is 0.0678. The van der Waals surface area contributed by atoms with E-state index >= 15 is 0 Å². The van der Waals surface area contributed by atoms with Gasteiger partial charge in [0.25, 0.3) is 0 Å². The molecule has 5 rings (SSSR count). The fraction of sp³-hybridized carbons (Fsp3) is 0.148. The van der Waals surface area contributed by atoms with Gasteiger partial charge in [0.1, 0.15) is 11.8 Å². The zero-order valence-electron chi connectivity index (χ0n) is 18.3. The molecular weight excluding hydrogens is 492 g/mol. The number of hydrogen-bond acceptors (Lipinski definition) is 5. The third-order valence-electron chi connectivity index (χ3n) is 5.92. The molecule has 1 amide bonds. The number of aromatic nitrogens is 2. The molecule has 4 aromatic rings. The van der Waals surface area contributed by atoms with Gasteiger partial charge in [0.05, 0.1) is 17.8 Å². The molecule has 0 aliphatic heterocycles. The highest BCUT2D eigenvalue weighted by Crippen LogP contribution is 2.36. The number of aryl methyl sites for hydroxylation is 2. The summed E-state index contributed by atoms with van der Waals surface area (Å²) >= 11 is 3.41. The predicted octanol–water partition coefficient (Wildman–Crippen LogP) is 4.85. The molecule has 3 aromatic carbocycles. The Bertz CT molecular complexity index is 1360. The zero-order chi connectivity index (χ0) is 23.7. The van der Waals surface area contributed by atoms with Crippen molar-refractivity contribution in [2.45, 2.75) is 25.4 Å². The second kappa shape index (κ2) is 9.37. The van der Waals surface area contributed by atoms with E-state index in [0.717, 1.165) is 39.0 Å². The van der Waals surface area contributed by atoms with E-state index in [4.69, 9.17) is 15.7 Å². The van der Waals surface area contributed by atoms with E-state index in [0.29, 0.717) is 23.4 Å². The van der Waals surface area contributed by atoms with E-state index in [9.17, 15) is 9.90 Å². The minimum absolute atomic E-state index is 0.190. The van der Waals surface area contributed by atoms with Gasteiger partial charge in [0.15, 0.2) is 5.82 Å². The van der Waals surface area contributed by atoms with Crippen LogP contribution in [-0.4, -0.2) is 21.0 Å². The number of aliphatic hydroxyl groups excluding tert-OH is 1. The molecule has 170 valence electrons. The Morgan fingerprint density at radius 3 is 2.56 bits per heavy atom. The van der Waals surface area contributed by atoms with Crippen molar-refractivity contribution in [1.29, 1.82) is 0 Å². The van der Waals surface area contributed by atoms with Crippen molar-refractivity contribution >= 4 is 33.3 Å². The highest BCUT2D eigenvalue weighted by molar-refractivity contribution is 9.10. The number of nitrogens with zero attached hydrogens (tertiary/aromatic N) is 2. The Hall–Kier alpha value is -3.55. The number of rotatable bonds is 5. The van der Waals surface area contributed by atoms with Gasteiger partial charge in [-0.15, -0.1) is 0 Å². The van der Waals surface area contributed by atoms with Crippen LogP contribution in [0.3, 0.4) is 0 Å². The molecule has 1 aliphatic rings.